The van der Waals surface area contributed by atoms with E-state index in [1.165, 1.54) is 143 Å². The van der Waals surface area contributed by atoms with Crippen molar-refractivity contribution in [2.75, 3.05) is 9.80 Å². The largest absolute Gasteiger partial charge is 0.311 e. The third-order valence-electron chi connectivity index (χ3n) is 17.1. The maximum atomic E-state index is 2.62. The summed E-state index contributed by atoms with van der Waals surface area (Å²) in [5.74, 6) is 0. The molecule has 0 radical (unpaired) electrons. The molecule has 14 rings (SSSR count). The molecule has 4 heteroatoms. The van der Waals surface area contributed by atoms with E-state index >= 15 is 0 Å². The molecule has 0 N–H and O–H groups in total. The molecule has 0 unspecified atom stereocenters. The Kier molecular flexibility index (Phi) is 9.74. The molecular weight excluding hydrogens is 924 g/mol. The van der Waals surface area contributed by atoms with Crippen LogP contribution in [0, 0.1) is 13.8 Å². The Labute approximate surface area is 448 Å². The van der Waals surface area contributed by atoms with E-state index in [-0.39, 0.29) is 23.0 Å². The Morgan fingerprint density at radius 2 is 1.03 bits per heavy atom. The highest BCUT2D eigenvalue weighted by Gasteiger charge is 2.53. The van der Waals surface area contributed by atoms with Crippen LogP contribution in [0.15, 0.2) is 182 Å². The summed E-state index contributed by atoms with van der Waals surface area (Å²) >= 11 is 2.01. The number of nitrogens with zero attached hydrogens (tertiary/aromatic N) is 2. The lowest BCUT2D eigenvalue weighted by Crippen LogP contribution is -2.60. The number of para-hydroxylation sites is 1. The predicted octanol–water partition coefficient (Wildman–Crippen LogP) is 17.5. The van der Waals surface area contributed by atoms with Crippen LogP contribution in [0.5, 0.6) is 0 Å². The van der Waals surface area contributed by atoms with Crippen molar-refractivity contribution in [2.24, 2.45) is 0 Å². The first-order valence-corrected chi connectivity index (χ1v) is 27.8. The van der Waals surface area contributed by atoms with Crippen LogP contribution < -0.4 is 25.5 Å². The van der Waals surface area contributed by atoms with Gasteiger partial charge in [-0.3, -0.25) is 0 Å². The van der Waals surface area contributed by atoms with Crippen LogP contribution in [-0.2, 0) is 21.7 Å². The van der Waals surface area contributed by atoms with Gasteiger partial charge in [-0.1, -0.05) is 195 Å². The van der Waals surface area contributed by atoms with Gasteiger partial charge in [0, 0.05) is 43.3 Å². The van der Waals surface area contributed by atoms with Gasteiger partial charge in [0.25, 0.3) is 6.71 Å². The Hall–Kier alpha value is -7.40. The third kappa shape index (κ3) is 6.51. The second kappa shape index (κ2) is 15.8. The highest BCUT2D eigenvalue weighted by Crippen LogP contribution is 2.64. The molecule has 10 aromatic rings. The van der Waals surface area contributed by atoms with Gasteiger partial charge in [-0.2, -0.15) is 0 Å². The number of aryl methyl sites for hydroxylation is 2. The van der Waals surface area contributed by atoms with Gasteiger partial charge in [0.1, 0.15) is 0 Å². The molecule has 0 atom stereocenters. The van der Waals surface area contributed by atoms with E-state index < -0.39 is 5.41 Å². The van der Waals surface area contributed by atoms with E-state index in [9.17, 15) is 0 Å². The minimum absolute atomic E-state index is 0.0104. The minimum Gasteiger partial charge on any atom is -0.311 e. The van der Waals surface area contributed by atoms with Crippen molar-refractivity contribution in [3.63, 3.8) is 0 Å². The highest BCUT2D eigenvalue weighted by molar-refractivity contribution is 7.33. The van der Waals surface area contributed by atoms with Crippen LogP contribution >= 0.6 is 11.3 Å². The Bertz CT molecular complexity index is 3960. The molecule has 0 saturated carbocycles. The van der Waals surface area contributed by atoms with E-state index in [1.54, 1.807) is 0 Å². The van der Waals surface area contributed by atoms with Gasteiger partial charge in [-0.05, 0) is 174 Å². The summed E-state index contributed by atoms with van der Waals surface area (Å²) in [4.78, 5) is 5.23. The first-order valence-electron chi connectivity index (χ1n) is 27.0. The van der Waals surface area contributed by atoms with Crippen LogP contribution in [0.3, 0.4) is 0 Å². The van der Waals surface area contributed by atoms with Crippen molar-refractivity contribution in [3.05, 3.63) is 232 Å². The molecule has 4 aliphatic rings. The first-order chi connectivity index (χ1) is 35.9. The fraction of sp³-hybridized carbons (Fsp3) is 0.211. The number of hydrogen-bond donors (Lipinski definition) is 0. The summed E-state index contributed by atoms with van der Waals surface area (Å²) in [6.07, 6.45) is 0. The van der Waals surface area contributed by atoms with Gasteiger partial charge in [0.05, 0.1) is 11.1 Å². The zero-order valence-electron chi connectivity index (χ0n) is 45.2. The standard InChI is InChI=1S/C71H63BN2S/c1-42-28-34-50-51-40-52-63(41-58(51)71(57(50)36-42)53-24-17-15-22-48(53)49-23-16-18-25-54(49)71)75-67-66(52)74(46-20-13-12-14-21-46)62-38-43(2)37-61-65(62)72(67)59-35-29-44(64-55(69(6,7)8)26-19-27-56(64)70(9,10)11)39-60(59)73(61)47-32-30-45(31-33-47)68(3,4)5/h12-41H,1-11H3. The Morgan fingerprint density at radius 1 is 0.440 bits per heavy atom. The number of hydrogen-bond acceptors (Lipinski definition) is 3. The molecular formula is C71H63BN2S. The Balaban J connectivity index is 1.09. The maximum Gasteiger partial charge on any atom is 0.264 e. The molecule has 0 amide bonds. The average molecular weight is 987 g/mol. The molecule has 9 aromatic carbocycles. The lowest BCUT2D eigenvalue weighted by atomic mass is 9.36. The lowest BCUT2D eigenvalue weighted by molar-refractivity contribution is 0.572. The summed E-state index contributed by atoms with van der Waals surface area (Å²) in [6.45, 7) is 25.7. The van der Waals surface area contributed by atoms with E-state index in [0.29, 0.717) is 0 Å². The molecule has 0 bridgehead atoms. The Morgan fingerprint density at radius 3 is 1.67 bits per heavy atom. The van der Waals surface area contributed by atoms with Gasteiger partial charge >= 0.3 is 0 Å². The van der Waals surface area contributed by atoms with Gasteiger partial charge in [0.2, 0.25) is 0 Å². The number of thiophene rings is 1. The smallest absolute Gasteiger partial charge is 0.264 e. The molecule has 2 aliphatic carbocycles. The molecule has 1 spiro atoms. The minimum atomic E-state index is -0.430. The fourth-order valence-corrected chi connectivity index (χ4v) is 15.2. The van der Waals surface area contributed by atoms with E-state index in [4.69, 9.17) is 0 Å². The van der Waals surface area contributed by atoms with Crippen LogP contribution in [0.1, 0.15) is 112 Å². The monoisotopic (exact) mass is 986 g/mol. The van der Waals surface area contributed by atoms with Crippen molar-refractivity contribution >= 4 is 78.0 Å². The third-order valence-corrected chi connectivity index (χ3v) is 18.4. The number of anilines is 6. The maximum absolute atomic E-state index is 2.62. The van der Waals surface area contributed by atoms with E-state index in [2.05, 4.69) is 268 Å². The molecule has 1 aromatic heterocycles. The van der Waals surface area contributed by atoms with Crippen LogP contribution in [0.2, 0.25) is 0 Å². The molecule has 2 aliphatic heterocycles. The van der Waals surface area contributed by atoms with E-state index in [1.807, 2.05) is 11.3 Å². The molecule has 0 fully saturated rings. The van der Waals surface area contributed by atoms with Gasteiger partial charge in [-0.15, -0.1) is 11.3 Å². The molecule has 3 heterocycles. The first kappa shape index (κ1) is 46.2. The summed E-state index contributed by atoms with van der Waals surface area (Å²) in [5, 5.41) is 1.31. The second-order valence-electron chi connectivity index (χ2n) is 25.1. The quantitative estimate of drug-likeness (QED) is 0.163. The second-order valence-corrected chi connectivity index (χ2v) is 26.1. The average Bonchev–Trinajstić information content (AvgIpc) is 4.08. The predicted molar refractivity (Wildman–Crippen MR) is 323 cm³/mol. The zero-order valence-corrected chi connectivity index (χ0v) is 46.0. The van der Waals surface area contributed by atoms with Crippen molar-refractivity contribution in [1.82, 2.24) is 0 Å². The van der Waals surface area contributed by atoms with Crippen LogP contribution in [0.4, 0.5) is 34.1 Å². The van der Waals surface area contributed by atoms with Crippen LogP contribution in [-0.4, -0.2) is 6.71 Å². The summed E-state index contributed by atoms with van der Waals surface area (Å²) in [5.41, 5.74) is 29.7. The van der Waals surface area contributed by atoms with Crippen molar-refractivity contribution in [1.29, 1.82) is 0 Å². The fourth-order valence-electron chi connectivity index (χ4n) is 13.9. The summed E-state index contributed by atoms with van der Waals surface area (Å²) in [7, 11) is 0. The molecule has 366 valence electrons. The van der Waals surface area contributed by atoms with Gasteiger partial charge in [-0.25, -0.2) is 0 Å². The zero-order chi connectivity index (χ0) is 51.7. The molecule has 0 saturated heterocycles. The van der Waals surface area contributed by atoms with Crippen LogP contribution in [0.25, 0.3) is 43.5 Å². The normalized spacial score (nSPS) is 14.6. The van der Waals surface area contributed by atoms with Gasteiger partial charge < -0.3 is 9.80 Å². The lowest BCUT2D eigenvalue weighted by Gasteiger charge is -2.43. The molecule has 75 heavy (non-hydrogen) atoms. The summed E-state index contributed by atoms with van der Waals surface area (Å²) in [6, 6.07) is 70.9. The van der Waals surface area contributed by atoms with E-state index in [0.717, 1.165) is 0 Å². The van der Waals surface area contributed by atoms with Crippen molar-refractivity contribution in [3.8, 4) is 33.4 Å². The number of fused-ring (bicyclic) bond motifs is 16. The highest BCUT2D eigenvalue weighted by atomic mass is 32.1. The SMILES string of the molecule is Cc1cc2c3c(c1)N(c1ccccc1)c1c(sc4cc5c(cc14)-c1ccc(C)cc1C51c4ccccc4-c4ccccc41)B3c1ccc(-c3c(C(C)(C)C)cccc3C(C)(C)C)cc1N2c1ccc(C(C)(C)C)cc1. The van der Waals surface area contributed by atoms with Crippen molar-refractivity contribution in [2.45, 2.75) is 97.8 Å². The van der Waals surface area contributed by atoms with Crippen molar-refractivity contribution < 1.29 is 0 Å². The summed E-state index contributed by atoms with van der Waals surface area (Å²) < 4.78 is 2.71. The topological polar surface area (TPSA) is 6.48 Å². The number of benzene rings is 9. The number of rotatable bonds is 3. The van der Waals surface area contributed by atoms with Gasteiger partial charge in [0.15, 0.2) is 0 Å². The molecule has 2 nitrogen and oxygen atoms in total.